The summed E-state index contributed by atoms with van der Waals surface area (Å²) in [5.74, 6) is 0.846. The first-order valence-electron chi connectivity index (χ1n) is 11.7. The van der Waals surface area contributed by atoms with E-state index in [-0.39, 0.29) is 19.0 Å². The summed E-state index contributed by atoms with van der Waals surface area (Å²) in [5.41, 5.74) is 3.89. The number of hydrogen-bond donors (Lipinski definition) is 3. The zero-order chi connectivity index (χ0) is 25.9. The van der Waals surface area contributed by atoms with Gasteiger partial charge in [-0.1, -0.05) is 30.3 Å². The van der Waals surface area contributed by atoms with Gasteiger partial charge in [0.05, 0.1) is 22.3 Å². The Balaban J connectivity index is 1.58. The fraction of sp³-hybridized carbons (Fsp3) is 0.179. The minimum absolute atomic E-state index is 0.00233. The fourth-order valence-corrected chi connectivity index (χ4v) is 4.32. The normalized spacial score (nSPS) is 11.9. The second kappa shape index (κ2) is 10.1. The first kappa shape index (κ1) is 24.0. The standard InChI is InChI=1S/C28H24FN5O3/c1-16-32-26(25-20-13-19(29)14-21(31-2)27(20)34-28(25)33-16)18-8-9-23(24(12-18)36-11-10-30)37-15-22(35)17-6-4-3-5-7-17/h3-9,12-14,22,31,35H,11,15H2,1-2H3,(H,32,33,34). The second-order valence-electron chi connectivity index (χ2n) is 8.44. The maximum absolute atomic E-state index is 14.4. The maximum Gasteiger partial charge on any atom is 0.174 e. The quantitative estimate of drug-likeness (QED) is 0.267. The highest BCUT2D eigenvalue weighted by Crippen LogP contribution is 2.39. The van der Waals surface area contributed by atoms with Crippen LogP contribution in [0.4, 0.5) is 10.1 Å². The lowest BCUT2D eigenvalue weighted by atomic mass is 10.0. The average Bonchev–Trinajstić information content (AvgIpc) is 3.28. The van der Waals surface area contributed by atoms with Gasteiger partial charge in [-0.3, -0.25) is 0 Å². The van der Waals surface area contributed by atoms with Crippen LogP contribution in [0.3, 0.4) is 0 Å². The third kappa shape index (κ3) is 4.75. The van der Waals surface area contributed by atoms with Gasteiger partial charge in [-0.25, -0.2) is 14.4 Å². The molecule has 0 spiro atoms. The number of aromatic amines is 1. The summed E-state index contributed by atoms with van der Waals surface area (Å²) >= 11 is 0. The average molecular weight is 498 g/mol. The van der Waals surface area contributed by atoms with Gasteiger partial charge in [-0.2, -0.15) is 5.26 Å². The number of benzene rings is 3. The zero-order valence-electron chi connectivity index (χ0n) is 20.2. The van der Waals surface area contributed by atoms with Gasteiger partial charge in [0.15, 0.2) is 18.1 Å². The molecule has 0 bridgehead atoms. The third-order valence-corrected chi connectivity index (χ3v) is 6.00. The van der Waals surface area contributed by atoms with Crippen molar-refractivity contribution in [3.8, 4) is 28.8 Å². The van der Waals surface area contributed by atoms with Crippen LogP contribution in [-0.2, 0) is 0 Å². The third-order valence-electron chi connectivity index (χ3n) is 6.00. The molecule has 0 amide bonds. The molecule has 1 unspecified atom stereocenters. The number of nitriles is 1. The van der Waals surface area contributed by atoms with Gasteiger partial charge in [0.2, 0.25) is 0 Å². The van der Waals surface area contributed by atoms with E-state index >= 15 is 0 Å². The molecule has 0 saturated heterocycles. The monoisotopic (exact) mass is 497 g/mol. The summed E-state index contributed by atoms with van der Waals surface area (Å²) in [5, 5.41) is 23.9. The molecular weight excluding hydrogens is 473 g/mol. The molecule has 37 heavy (non-hydrogen) atoms. The number of H-pyrrole nitrogens is 1. The van der Waals surface area contributed by atoms with Crippen molar-refractivity contribution >= 4 is 27.6 Å². The molecule has 3 N–H and O–H groups in total. The summed E-state index contributed by atoms with van der Waals surface area (Å²) in [4.78, 5) is 12.5. The number of fused-ring (bicyclic) bond motifs is 3. The zero-order valence-corrected chi connectivity index (χ0v) is 20.2. The molecule has 0 aliphatic rings. The molecule has 2 heterocycles. The number of nitrogens with zero attached hydrogens (tertiary/aromatic N) is 3. The van der Waals surface area contributed by atoms with E-state index in [1.54, 1.807) is 26.1 Å². The van der Waals surface area contributed by atoms with Crippen molar-refractivity contribution < 1.29 is 19.0 Å². The highest BCUT2D eigenvalue weighted by atomic mass is 19.1. The molecule has 8 nitrogen and oxygen atoms in total. The molecule has 0 radical (unpaired) electrons. The van der Waals surface area contributed by atoms with Gasteiger partial charge in [0.1, 0.15) is 36.1 Å². The number of hydrogen-bond acceptors (Lipinski definition) is 7. The Bertz CT molecular complexity index is 1630. The van der Waals surface area contributed by atoms with Crippen LogP contribution in [0.2, 0.25) is 0 Å². The summed E-state index contributed by atoms with van der Waals surface area (Å²) in [7, 11) is 1.73. The van der Waals surface area contributed by atoms with Gasteiger partial charge in [-0.05, 0) is 42.8 Å². The Hall–Kier alpha value is -4.68. The van der Waals surface area contributed by atoms with Crippen molar-refractivity contribution in [2.45, 2.75) is 13.0 Å². The van der Waals surface area contributed by atoms with Crippen molar-refractivity contribution in [2.75, 3.05) is 25.6 Å². The molecule has 5 rings (SSSR count). The smallest absolute Gasteiger partial charge is 0.174 e. The van der Waals surface area contributed by atoms with E-state index in [0.29, 0.717) is 50.7 Å². The van der Waals surface area contributed by atoms with Crippen LogP contribution in [0.5, 0.6) is 11.5 Å². The van der Waals surface area contributed by atoms with Crippen molar-refractivity contribution in [2.24, 2.45) is 0 Å². The van der Waals surface area contributed by atoms with Crippen LogP contribution >= 0.6 is 0 Å². The van der Waals surface area contributed by atoms with E-state index in [4.69, 9.17) is 14.7 Å². The molecule has 0 aliphatic carbocycles. The lowest BCUT2D eigenvalue weighted by Gasteiger charge is -2.16. The molecule has 2 aromatic heterocycles. The number of aliphatic hydroxyl groups excluding tert-OH is 1. The Morgan fingerprint density at radius 2 is 1.89 bits per heavy atom. The van der Waals surface area contributed by atoms with Gasteiger partial charge in [-0.15, -0.1) is 0 Å². The fourth-order valence-electron chi connectivity index (χ4n) is 4.32. The Labute approximate surface area is 212 Å². The summed E-state index contributed by atoms with van der Waals surface area (Å²) in [6, 6.07) is 19.3. The van der Waals surface area contributed by atoms with Gasteiger partial charge < -0.3 is 24.9 Å². The maximum atomic E-state index is 14.4. The van der Waals surface area contributed by atoms with Crippen LogP contribution < -0.4 is 14.8 Å². The second-order valence-corrected chi connectivity index (χ2v) is 8.44. The van der Waals surface area contributed by atoms with Crippen LogP contribution in [-0.4, -0.2) is 40.3 Å². The Kier molecular flexibility index (Phi) is 6.58. The lowest BCUT2D eigenvalue weighted by Crippen LogP contribution is -2.10. The summed E-state index contributed by atoms with van der Waals surface area (Å²) in [6.45, 7) is 1.59. The number of aliphatic hydroxyl groups is 1. The molecule has 1 atom stereocenters. The first-order chi connectivity index (χ1) is 18.0. The molecule has 0 fully saturated rings. The Morgan fingerprint density at radius 3 is 2.65 bits per heavy atom. The van der Waals surface area contributed by atoms with Gasteiger partial charge >= 0.3 is 0 Å². The van der Waals surface area contributed by atoms with Crippen LogP contribution in [0.15, 0.2) is 60.7 Å². The van der Waals surface area contributed by atoms with E-state index in [1.165, 1.54) is 12.1 Å². The predicted octanol–water partition coefficient (Wildman–Crippen LogP) is 5.28. The molecule has 5 aromatic rings. The summed E-state index contributed by atoms with van der Waals surface area (Å²) < 4.78 is 26.0. The molecule has 3 aromatic carbocycles. The number of aromatic nitrogens is 3. The number of halogens is 1. The van der Waals surface area contributed by atoms with E-state index in [1.807, 2.05) is 42.5 Å². The summed E-state index contributed by atoms with van der Waals surface area (Å²) in [6.07, 6.45) is -0.837. The molecule has 0 aliphatic heterocycles. The largest absolute Gasteiger partial charge is 0.487 e. The van der Waals surface area contributed by atoms with Crippen LogP contribution in [0, 0.1) is 24.1 Å². The number of ether oxygens (including phenoxy) is 2. The highest BCUT2D eigenvalue weighted by Gasteiger charge is 2.19. The SMILES string of the molecule is CNc1cc(F)cc2c1[nH]c1nc(C)nc(-c3ccc(OCC(O)c4ccccc4)c(OCC#N)c3)c12. The van der Waals surface area contributed by atoms with Crippen LogP contribution in [0.25, 0.3) is 33.2 Å². The van der Waals surface area contributed by atoms with Crippen molar-refractivity contribution in [3.05, 3.63) is 77.9 Å². The molecule has 0 saturated carbocycles. The Morgan fingerprint density at radius 1 is 1.08 bits per heavy atom. The van der Waals surface area contributed by atoms with Gasteiger partial charge in [0.25, 0.3) is 0 Å². The lowest BCUT2D eigenvalue weighted by molar-refractivity contribution is 0.106. The van der Waals surface area contributed by atoms with Crippen molar-refractivity contribution in [3.63, 3.8) is 0 Å². The van der Waals surface area contributed by atoms with Crippen molar-refractivity contribution in [1.29, 1.82) is 5.26 Å². The highest BCUT2D eigenvalue weighted by molar-refractivity contribution is 6.15. The molecule has 186 valence electrons. The van der Waals surface area contributed by atoms with Crippen LogP contribution in [0.1, 0.15) is 17.5 Å². The van der Waals surface area contributed by atoms with E-state index < -0.39 is 6.10 Å². The first-order valence-corrected chi connectivity index (χ1v) is 11.7. The minimum Gasteiger partial charge on any atom is -0.487 e. The number of anilines is 1. The minimum atomic E-state index is -0.837. The molecular formula is C28H24FN5O3. The van der Waals surface area contributed by atoms with E-state index in [9.17, 15) is 9.50 Å². The topological polar surface area (TPSA) is 116 Å². The van der Waals surface area contributed by atoms with Gasteiger partial charge in [0, 0.05) is 18.0 Å². The number of rotatable bonds is 8. The predicted molar refractivity (Wildman–Crippen MR) is 139 cm³/mol. The number of nitrogens with one attached hydrogen (secondary N) is 2. The molecule has 9 heteroatoms. The van der Waals surface area contributed by atoms with Crippen molar-refractivity contribution in [1.82, 2.24) is 15.0 Å². The van der Waals surface area contributed by atoms with E-state index in [2.05, 4.69) is 20.3 Å². The van der Waals surface area contributed by atoms with E-state index in [0.717, 1.165) is 11.1 Å². The number of aryl methyl sites for hydroxylation is 1.